The number of aromatic nitrogens is 2. The van der Waals surface area contributed by atoms with Crippen LogP contribution in [0.5, 0.6) is 0 Å². The number of hydrogen-bond donors (Lipinski definition) is 0. The van der Waals surface area contributed by atoms with Crippen molar-refractivity contribution in [2.24, 2.45) is 0 Å². The molecule has 0 aliphatic heterocycles. The molecule has 0 amide bonds. The molecule has 0 fully saturated rings. The summed E-state index contributed by atoms with van der Waals surface area (Å²) in [5.41, 5.74) is 2.18. The minimum Gasteiger partial charge on any atom is -0.459 e. The van der Waals surface area contributed by atoms with Crippen LogP contribution in [0.1, 0.15) is 18.5 Å². The lowest BCUT2D eigenvalue weighted by molar-refractivity contribution is -0.148. The van der Waals surface area contributed by atoms with Gasteiger partial charge in [-0.15, -0.1) is 11.3 Å². The first-order valence-corrected chi connectivity index (χ1v) is 11.7. The molecule has 33 heavy (non-hydrogen) atoms. The maximum atomic E-state index is 13.4. The monoisotopic (exact) mass is 474 g/mol. The molecule has 0 saturated heterocycles. The van der Waals surface area contributed by atoms with E-state index < -0.39 is 12.0 Å². The standard InChI is InChI=1S/C26H19ClN2O3S/c1-16(26(31)32-13-20-8-4-5-9-22(20)27)29-15-28-24-23(25(29)30)21(14-33-24)19-11-10-17-6-2-3-7-18(17)12-19/h2-12,14-16H,13H2,1H3. The van der Waals surface area contributed by atoms with Gasteiger partial charge in [-0.05, 0) is 35.4 Å². The zero-order valence-electron chi connectivity index (χ0n) is 17.7. The topological polar surface area (TPSA) is 61.2 Å². The average molecular weight is 475 g/mol. The SMILES string of the molecule is CC(C(=O)OCc1ccccc1Cl)n1cnc2scc(-c3ccc4ccccc4c3)c2c1=O. The first-order chi connectivity index (χ1) is 16.0. The lowest BCUT2D eigenvalue weighted by Crippen LogP contribution is -2.29. The van der Waals surface area contributed by atoms with Gasteiger partial charge in [0.25, 0.3) is 5.56 Å². The van der Waals surface area contributed by atoms with Gasteiger partial charge in [-0.2, -0.15) is 0 Å². The van der Waals surface area contributed by atoms with Gasteiger partial charge in [-0.25, -0.2) is 9.78 Å². The molecule has 2 heterocycles. The van der Waals surface area contributed by atoms with Crippen LogP contribution in [0.2, 0.25) is 5.02 Å². The highest BCUT2D eigenvalue weighted by atomic mass is 35.5. The van der Waals surface area contributed by atoms with Gasteiger partial charge in [0.15, 0.2) is 0 Å². The van der Waals surface area contributed by atoms with Crippen molar-refractivity contribution in [3.8, 4) is 11.1 Å². The molecule has 0 spiro atoms. The van der Waals surface area contributed by atoms with E-state index in [-0.39, 0.29) is 12.2 Å². The third-order valence-electron chi connectivity index (χ3n) is 5.67. The zero-order valence-corrected chi connectivity index (χ0v) is 19.3. The molecule has 0 saturated carbocycles. The summed E-state index contributed by atoms with van der Waals surface area (Å²) in [6.07, 6.45) is 1.41. The molecule has 7 heteroatoms. The number of thiophene rings is 1. The van der Waals surface area contributed by atoms with Gasteiger partial charge < -0.3 is 4.74 Å². The summed E-state index contributed by atoms with van der Waals surface area (Å²) < 4.78 is 6.76. The van der Waals surface area contributed by atoms with E-state index in [4.69, 9.17) is 16.3 Å². The van der Waals surface area contributed by atoms with Crippen molar-refractivity contribution in [2.75, 3.05) is 0 Å². The molecule has 164 valence electrons. The van der Waals surface area contributed by atoms with Gasteiger partial charge in [-0.1, -0.05) is 66.2 Å². The molecule has 5 nitrogen and oxygen atoms in total. The van der Waals surface area contributed by atoms with Crippen LogP contribution in [0, 0.1) is 0 Å². The molecule has 1 atom stereocenters. The number of fused-ring (bicyclic) bond motifs is 2. The fourth-order valence-electron chi connectivity index (χ4n) is 3.79. The number of carbonyl (C=O) groups is 1. The van der Waals surface area contributed by atoms with Crippen LogP contribution < -0.4 is 5.56 Å². The van der Waals surface area contributed by atoms with Gasteiger partial charge >= 0.3 is 5.97 Å². The summed E-state index contributed by atoms with van der Waals surface area (Å²) in [6.45, 7) is 1.67. The second kappa shape index (κ2) is 8.81. The molecule has 0 bridgehead atoms. The minimum atomic E-state index is -0.832. The second-order valence-corrected chi connectivity index (χ2v) is 8.99. The normalized spacial score (nSPS) is 12.2. The van der Waals surface area contributed by atoms with Crippen LogP contribution in [0.15, 0.2) is 83.2 Å². The van der Waals surface area contributed by atoms with Gasteiger partial charge in [-0.3, -0.25) is 9.36 Å². The number of ether oxygens (including phenoxy) is 1. The zero-order chi connectivity index (χ0) is 22.9. The fourth-order valence-corrected chi connectivity index (χ4v) is 4.89. The van der Waals surface area contributed by atoms with Crippen LogP contribution in [0.4, 0.5) is 0 Å². The summed E-state index contributed by atoms with van der Waals surface area (Å²) in [6, 6.07) is 20.5. The van der Waals surface area contributed by atoms with Crippen LogP contribution in [0.25, 0.3) is 32.1 Å². The van der Waals surface area contributed by atoms with Crippen LogP contribution in [-0.4, -0.2) is 15.5 Å². The molecule has 1 unspecified atom stereocenters. The highest BCUT2D eigenvalue weighted by Crippen LogP contribution is 2.32. The summed E-state index contributed by atoms with van der Waals surface area (Å²) >= 11 is 7.55. The van der Waals surface area contributed by atoms with Crippen molar-refractivity contribution in [3.05, 3.63) is 99.4 Å². The van der Waals surface area contributed by atoms with Gasteiger partial charge in [0.05, 0.1) is 11.7 Å². The number of rotatable bonds is 5. The Morgan fingerprint density at radius 3 is 2.67 bits per heavy atom. The smallest absolute Gasteiger partial charge is 0.329 e. The molecule has 5 rings (SSSR count). The first kappa shape index (κ1) is 21.4. The molecule has 0 aliphatic carbocycles. The number of benzene rings is 3. The molecule has 5 aromatic rings. The number of hydrogen-bond acceptors (Lipinski definition) is 5. The second-order valence-electron chi connectivity index (χ2n) is 7.72. The van der Waals surface area contributed by atoms with E-state index >= 15 is 0 Å². The van der Waals surface area contributed by atoms with Gasteiger partial charge in [0.1, 0.15) is 17.5 Å². The molecule has 0 aliphatic rings. The number of carbonyl (C=O) groups excluding carboxylic acids is 1. The van der Waals surface area contributed by atoms with E-state index in [1.54, 1.807) is 19.1 Å². The molecular weight excluding hydrogens is 456 g/mol. The Hall–Kier alpha value is -3.48. The quantitative estimate of drug-likeness (QED) is 0.283. The average Bonchev–Trinajstić information content (AvgIpc) is 3.28. The Bertz CT molecular complexity index is 1560. The lowest BCUT2D eigenvalue weighted by atomic mass is 10.0. The summed E-state index contributed by atoms with van der Waals surface area (Å²) in [5.74, 6) is -0.527. The fraction of sp³-hybridized carbons (Fsp3) is 0.115. The van der Waals surface area contributed by atoms with E-state index in [0.29, 0.717) is 20.8 Å². The number of halogens is 1. The predicted octanol–water partition coefficient (Wildman–Crippen LogP) is 6.24. The third kappa shape index (κ3) is 4.03. The number of esters is 1. The molecule has 0 radical (unpaired) electrons. The summed E-state index contributed by atoms with van der Waals surface area (Å²) in [4.78, 5) is 31.2. The largest absolute Gasteiger partial charge is 0.459 e. The first-order valence-electron chi connectivity index (χ1n) is 10.4. The maximum absolute atomic E-state index is 13.4. The Morgan fingerprint density at radius 2 is 1.85 bits per heavy atom. The van der Waals surface area contributed by atoms with E-state index in [1.807, 2.05) is 47.8 Å². The summed E-state index contributed by atoms with van der Waals surface area (Å²) in [7, 11) is 0. The highest BCUT2D eigenvalue weighted by Gasteiger charge is 2.22. The van der Waals surface area contributed by atoms with Gasteiger partial charge in [0.2, 0.25) is 0 Å². The van der Waals surface area contributed by atoms with Gasteiger partial charge in [0, 0.05) is 21.5 Å². The Kier molecular flexibility index (Phi) is 5.70. The highest BCUT2D eigenvalue weighted by molar-refractivity contribution is 7.17. The molecule has 2 aromatic heterocycles. The van der Waals surface area contributed by atoms with Crippen molar-refractivity contribution < 1.29 is 9.53 Å². The van der Waals surface area contributed by atoms with Crippen molar-refractivity contribution in [2.45, 2.75) is 19.6 Å². The molecule has 3 aromatic carbocycles. The van der Waals surface area contributed by atoms with E-state index in [0.717, 1.165) is 21.9 Å². The van der Waals surface area contributed by atoms with Crippen molar-refractivity contribution in [1.82, 2.24) is 9.55 Å². The third-order valence-corrected chi connectivity index (χ3v) is 6.92. The van der Waals surface area contributed by atoms with Crippen molar-refractivity contribution in [1.29, 1.82) is 0 Å². The maximum Gasteiger partial charge on any atom is 0.329 e. The Balaban J connectivity index is 1.48. The lowest BCUT2D eigenvalue weighted by Gasteiger charge is -2.15. The van der Waals surface area contributed by atoms with E-state index in [9.17, 15) is 9.59 Å². The van der Waals surface area contributed by atoms with Crippen LogP contribution in [0.3, 0.4) is 0 Å². The summed E-state index contributed by atoms with van der Waals surface area (Å²) in [5, 5.41) is 5.19. The Morgan fingerprint density at radius 1 is 1.09 bits per heavy atom. The Labute approximate surface area is 198 Å². The van der Waals surface area contributed by atoms with Crippen molar-refractivity contribution in [3.63, 3.8) is 0 Å². The van der Waals surface area contributed by atoms with Crippen LogP contribution in [-0.2, 0) is 16.1 Å². The van der Waals surface area contributed by atoms with Crippen molar-refractivity contribution >= 4 is 49.9 Å². The number of nitrogens with zero attached hydrogens (tertiary/aromatic N) is 2. The predicted molar refractivity (Wildman–Crippen MR) is 133 cm³/mol. The van der Waals surface area contributed by atoms with E-state index in [1.165, 1.54) is 22.2 Å². The van der Waals surface area contributed by atoms with Crippen LogP contribution >= 0.6 is 22.9 Å². The minimum absolute atomic E-state index is 0.0358. The van der Waals surface area contributed by atoms with E-state index in [2.05, 4.69) is 17.1 Å². The molecular formula is C26H19ClN2O3S. The molecule has 0 N–H and O–H groups in total.